The zero-order chi connectivity index (χ0) is 16.0. The average Bonchev–Trinajstić information content (AvgIpc) is 2.66. The first-order valence-corrected chi connectivity index (χ1v) is 7.42. The summed E-state index contributed by atoms with van der Waals surface area (Å²) < 4.78 is 1.73. The molecular weight excluding hydrogens is 260 g/mol. The van der Waals surface area contributed by atoms with Crippen molar-refractivity contribution in [3.05, 3.63) is 35.4 Å². The van der Waals surface area contributed by atoms with E-state index in [0.717, 1.165) is 16.8 Å². The van der Waals surface area contributed by atoms with E-state index in [1.807, 2.05) is 32.9 Å². The maximum Gasteiger partial charge on any atom is 0.214 e. The second-order valence-electron chi connectivity index (χ2n) is 7.69. The van der Waals surface area contributed by atoms with Gasteiger partial charge in [0.1, 0.15) is 5.69 Å². The molecule has 0 spiro atoms. The topological polar surface area (TPSA) is 38.0 Å². The molecule has 0 saturated heterocycles. The molecule has 0 aliphatic rings. The number of rotatable bonds is 1. The lowest BCUT2D eigenvalue weighted by Gasteiger charge is -2.22. The van der Waals surface area contributed by atoms with Crippen LogP contribution in [0.15, 0.2) is 24.3 Å². The molecule has 1 aromatic heterocycles. The van der Waals surface area contributed by atoms with Gasteiger partial charge in [-0.05, 0) is 38.7 Å². The Morgan fingerprint density at radius 3 is 2.05 bits per heavy atom. The summed E-state index contributed by atoms with van der Waals surface area (Å²) in [4.78, 5) is 0. The van der Waals surface area contributed by atoms with Crippen molar-refractivity contribution < 1.29 is 5.11 Å². The molecule has 0 radical (unpaired) electrons. The van der Waals surface area contributed by atoms with Crippen LogP contribution in [-0.2, 0) is 11.0 Å². The van der Waals surface area contributed by atoms with Gasteiger partial charge in [-0.25, -0.2) is 4.68 Å². The maximum absolute atomic E-state index is 10.7. The van der Waals surface area contributed by atoms with Crippen molar-refractivity contribution >= 4 is 0 Å². The van der Waals surface area contributed by atoms with E-state index in [-0.39, 0.29) is 16.8 Å². The summed E-state index contributed by atoms with van der Waals surface area (Å²) >= 11 is 0. The second-order valence-corrected chi connectivity index (χ2v) is 7.69. The summed E-state index contributed by atoms with van der Waals surface area (Å²) in [5, 5.41) is 15.5. The predicted octanol–water partition coefficient (Wildman–Crippen LogP) is 4.62. The predicted molar refractivity (Wildman–Crippen MR) is 87.8 cm³/mol. The van der Waals surface area contributed by atoms with E-state index >= 15 is 0 Å². The highest BCUT2D eigenvalue weighted by atomic mass is 16.3. The lowest BCUT2D eigenvalue weighted by Crippen LogP contribution is -2.23. The number of hydrogen-bond donors (Lipinski definition) is 1. The second kappa shape index (κ2) is 4.90. The fraction of sp³-hybridized carbons (Fsp3) is 0.500. The standard InChI is InChI=1S/C18H26N2O/c1-12-10-8-9-11-13(12)15-14(17(2,3)4)16(21)20(19-15)18(5,6)7/h8-11,21H,1-7H3. The molecule has 0 saturated carbocycles. The van der Waals surface area contributed by atoms with Crippen molar-refractivity contribution in [1.29, 1.82) is 0 Å². The summed E-state index contributed by atoms with van der Waals surface area (Å²) in [6.45, 7) is 14.6. The molecule has 1 N–H and O–H groups in total. The van der Waals surface area contributed by atoms with Crippen molar-refractivity contribution in [3.63, 3.8) is 0 Å². The third kappa shape index (κ3) is 2.82. The average molecular weight is 286 g/mol. The minimum absolute atomic E-state index is 0.175. The Morgan fingerprint density at radius 1 is 1.00 bits per heavy atom. The van der Waals surface area contributed by atoms with Crippen LogP contribution in [0.1, 0.15) is 52.7 Å². The normalized spacial score (nSPS) is 12.7. The van der Waals surface area contributed by atoms with Gasteiger partial charge in [0, 0.05) is 11.1 Å². The highest BCUT2D eigenvalue weighted by Gasteiger charge is 2.32. The van der Waals surface area contributed by atoms with Crippen LogP contribution in [0.25, 0.3) is 11.3 Å². The van der Waals surface area contributed by atoms with Crippen molar-refractivity contribution in [3.8, 4) is 17.1 Å². The Morgan fingerprint density at radius 2 is 1.57 bits per heavy atom. The van der Waals surface area contributed by atoms with Crippen LogP contribution in [0, 0.1) is 6.92 Å². The largest absolute Gasteiger partial charge is 0.493 e. The molecule has 2 aromatic rings. The van der Waals surface area contributed by atoms with Crippen molar-refractivity contribution in [2.75, 3.05) is 0 Å². The number of hydrogen-bond acceptors (Lipinski definition) is 2. The van der Waals surface area contributed by atoms with Crippen LogP contribution < -0.4 is 0 Å². The minimum atomic E-state index is -0.259. The van der Waals surface area contributed by atoms with Crippen LogP contribution >= 0.6 is 0 Å². The van der Waals surface area contributed by atoms with Crippen LogP contribution in [-0.4, -0.2) is 14.9 Å². The van der Waals surface area contributed by atoms with Gasteiger partial charge in [-0.15, -0.1) is 0 Å². The molecule has 0 unspecified atom stereocenters. The fourth-order valence-corrected chi connectivity index (χ4v) is 2.59. The fourth-order valence-electron chi connectivity index (χ4n) is 2.59. The molecule has 2 rings (SSSR count). The van der Waals surface area contributed by atoms with Crippen LogP contribution in [0.5, 0.6) is 5.88 Å². The first-order chi connectivity index (χ1) is 9.53. The monoisotopic (exact) mass is 286 g/mol. The maximum atomic E-state index is 10.7. The van der Waals surface area contributed by atoms with Crippen molar-refractivity contribution in [1.82, 2.24) is 9.78 Å². The molecule has 0 bridgehead atoms. The van der Waals surface area contributed by atoms with Gasteiger partial charge >= 0.3 is 0 Å². The minimum Gasteiger partial charge on any atom is -0.493 e. The van der Waals surface area contributed by atoms with E-state index in [0.29, 0.717) is 0 Å². The number of nitrogens with zero attached hydrogens (tertiary/aromatic N) is 2. The van der Waals surface area contributed by atoms with Gasteiger partial charge in [0.2, 0.25) is 5.88 Å². The smallest absolute Gasteiger partial charge is 0.214 e. The molecule has 1 aromatic carbocycles. The van der Waals surface area contributed by atoms with Gasteiger partial charge < -0.3 is 5.11 Å². The molecule has 0 aliphatic carbocycles. The Kier molecular flexibility index (Phi) is 3.64. The number of aromatic hydroxyl groups is 1. The molecule has 114 valence electrons. The first-order valence-electron chi connectivity index (χ1n) is 7.42. The van der Waals surface area contributed by atoms with Crippen molar-refractivity contribution in [2.45, 2.75) is 59.4 Å². The zero-order valence-corrected chi connectivity index (χ0v) is 14.2. The molecule has 21 heavy (non-hydrogen) atoms. The van der Waals surface area contributed by atoms with E-state index in [4.69, 9.17) is 5.10 Å². The molecule has 0 amide bonds. The van der Waals surface area contributed by atoms with Gasteiger partial charge in [0.25, 0.3) is 0 Å². The molecular formula is C18H26N2O. The first kappa shape index (κ1) is 15.6. The molecule has 3 heteroatoms. The summed E-state index contributed by atoms with van der Waals surface area (Å²) in [6.07, 6.45) is 0. The van der Waals surface area contributed by atoms with Crippen LogP contribution in [0.4, 0.5) is 0 Å². The third-order valence-corrected chi connectivity index (χ3v) is 3.65. The van der Waals surface area contributed by atoms with E-state index in [9.17, 15) is 5.11 Å². The zero-order valence-electron chi connectivity index (χ0n) is 14.2. The lowest BCUT2D eigenvalue weighted by molar-refractivity contribution is 0.290. The highest BCUT2D eigenvalue weighted by Crippen LogP contribution is 2.41. The Bertz CT molecular complexity index is 655. The van der Waals surface area contributed by atoms with E-state index in [2.05, 4.69) is 39.8 Å². The van der Waals surface area contributed by atoms with Crippen LogP contribution in [0.2, 0.25) is 0 Å². The third-order valence-electron chi connectivity index (χ3n) is 3.65. The Balaban J connectivity index is 2.80. The van der Waals surface area contributed by atoms with Crippen molar-refractivity contribution in [2.24, 2.45) is 0 Å². The van der Waals surface area contributed by atoms with Gasteiger partial charge in [-0.2, -0.15) is 5.10 Å². The number of aromatic nitrogens is 2. The van der Waals surface area contributed by atoms with Gasteiger partial charge in [-0.3, -0.25) is 0 Å². The van der Waals surface area contributed by atoms with E-state index in [1.54, 1.807) is 4.68 Å². The number of aryl methyl sites for hydroxylation is 1. The molecule has 1 heterocycles. The molecule has 0 aliphatic heterocycles. The SMILES string of the molecule is Cc1ccccc1-c1nn(C(C)(C)C)c(O)c1C(C)(C)C. The van der Waals surface area contributed by atoms with Gasteiger partial charge in [-0.1, -0.05) is 45.0 Å². The van der Waals surface area contributed by atoms with Gasteiger partial charge in [0.15, 0.2) is 0 Å². The number of benzene rings is 1. The molecule has 0 atom stereocenters. The highest BCUT2D eigenvalue weighted by molar-refractivity contribution is 5.70. The lowest BCUT2D eigenvalue weighted by atomic mass is 9.84. The molecule has 3 nitrogen and oxygen atoms in total. The van der Waals surface area contributed by atoms with Crippen LogP contribution in [0.3, 0.4) is 0 Å². The molecule has 0 fully saturated rings. The Labute approximate surface area is 127 Å². The quantitative estimate of drug-likeness (QED) is 0.831. The Hall–Kier alpha value is -1.77. The van der Waals surface area contributed by atoms with Gasteiger partial charge in [0.05, 0.1) is 5.54 Å². The van der Waals surface area contributed by atoms with E-state index in [1.165, 1.54) is 5.56 Å². The summed E-state index contributed by atoms with van der Waals surface area (Å²) in [5.74, 6) is 0.272. The van der Waals surface area contributed by atoms with E-state index < -0.39 is 0 Å². The summed E-state index contributed by atoms with van der Waals surface area (Å²) in [5.41, 5.74) is 3.61. The summed E-state index contributed by atoms with van der Waals surface area (Å²) in [6, 6.07) is 8.19. The summed E-state index contributed by atoms with van der Waals surface area (Å²) in [7, 11) is 0.